The van der Waals surface area contributed by atoms with Crippen molar-refractivity contribution in [3.63, 3.8) is 0 Å². The Labute approximate surface area is 198 Å². The van der Waals surface area contributed by atoms with E-state index in [0.717, 1.165) is 30.5 Å². The predicted octanol–water partition coefficient (Wildman–Crippen LogP) is 3.66. The molecule has 0 unspecified atom stereocenters. The van der Waals surface area contributed by atoms with Gasteiger partial charge < -0.3 is 19.5 Å². The average molecular weight is 467 g/mol. The van der Waals surface area contributed by atoms with Crippen molar-refractivity contribution in [2.45, 2.75) is 45.1 Å². The molecule has 1 saturated carbocycles. The van der Waals surface area contributed by atoms with Crippen molar-refractivity contribution in [2.75, 3.05) is 20.8 Å². The Morgan fingerprint density at radius 2 is 1.82 bits per heavy atom. The highest BCUT2D eigenvalue weighted by Gasteiger charge is 2.28. The zero-order valence-electron chi connectivity index (χ0n) is 19.7. The number of fused-ring (bicyclic) bond motifs is 1. The van der Waals surface area contributed by atoms with Gasteiger partial charge in [-0.05, 0) is 56.4 Å². The molecule has 1 aromatic carbocycles. The number of methoxy groups -OCH3 is 2. The Bertz CT molecular complexity index is 1170. The van der Waals surface area contributed by atoms with Gasteiger partial charge >= 0.3 is 5.97 Å². The molecular formula is C25H30N4O5. The van der Waals surface area contributed by atoms with Crippen molar-refractivity contribution in [1.82, 2.24) is 19.9 Å². The minimum atomic E-state index is -0.249. The van der Waals surface area contributed by atoms with Crippen LogP contribution in [0.1, 0.15) is 49.5 Å². The highest BCUT2D eigenvalue weighted by molar-refractivity contribution is 5.93. The largest absolute Gasteiger partial charge is 0.493 e. The maximum Gasteiger partial charge on any atom is 0.308 e. The molecule has 1 amide bonds. The third-order valence-electron chi connectivity index (χ3n) is 6.11. The number of nitrogens with zero attached hydrogens (tertiary/aromatic N) is 3. The van der Waals surface area contributed by atoms with Crippen LogP contribution in [0.4, 0.5) is 0 Å². The van der Waals surface area contributed by atoms with Gasteiger partial charge in [0, 0.05) is 23.9 Å². The lowest BCUT2D eigenvalue weighted by Gasteiger charge is -2.27. The summed E-state index contributed by atoms with van der Waals surface area (Å²) in [6.07, 6.45) is 5.40. The van der Waals surface area contributed by atoms with E-state index in [0.29, 0.717) is 42.3 Å². The number of carbonyl (C=O) groups excluding carboxylic acids is 2. The van der Waals surface area contributed by atoms with Gasteiger partial charge in [0.1, 0.15) is 0 Å². The molecule has 9 heteroatoms. The molecule has 2 aromatic heterocycles. The molecule has 4 rings (SSSR count). The van der Waals surface area contributed by atoms with Crippen molar-refractivity contribution >= 4 is 17.5 Å². The molecule has 1 aliphatic rings. The van der Waals surface area contributed by atoms with E-state index < -0.39 is 0 Å². The molecule has 1 N–H and O–H groups in total. The summed E-state index contributed by atoms with van der Waals surface area (Å²) in [6.45, 7) is 2.44. The molecule has 1 fully saturated rings. The van der Waals surface area contributed by atoms with Crippen LogP contribution in [0.15, 0.2) is 36.5 Å². The van der Waals surface area contributed by atoms with E-state index in [1.165, 1.54) is 0 Å². The second-order valence-electron chi connectivity index (χ2n) is 8.39. The Kier molecular flexibility index (Phi) is 7.30. The summed E-state index contributed by atoms with van der Waals surface area (Å²) < 4.78 is 17.7. The van der Waals surface area contributed by atoms with Gasteiger partial charge in [-0.15, -0.1) is 0 Å². The van der Waals surface area contributed by atoms with E-state index in [1.807, 2.05) is 31.2 Å². The summed E-state index contributed by atoms with van der Waals surface area (Å²) in [5.41, 5.74) is 2.49. The normalized spacial score (nSPS) is 17.9. The number of hydrogen-bond donors (Lipinski definition) is 1. The number of aromatic nitrogens is 3. The van der Waals surface area contributed by atoms with Crippen molar-refractivity contribution in [3.8, 4) is 22.8 Å². The van der Waals surface area contributed by atoms with E-state index in [4.69, 9.17) is 14.2 Å². The minimum Gasteiger partial charge on any atom is -0.493 e. The summed E-state index contributed by atoms with van der Waals surface area (Å²) in [5.74, 6) is 0.777. The van der Waals surface area contributed by atoms with Gasteiger partial charge in [-0.25, -0.2) is 9.50 Å². The first-order valence-corrected chi connectivity index (χ1v) is 11.6. The fraction of sp³-hybridized carbons (Fsp3) is 0.440. The van der Waals surface area contributed by atoms with Gasteiger partial charge in [-0.3, -0.25) is 9.59 Å². The SMILES string of the molecule is CCCOC(=O)[C@H]1CC[C@H](NC(=O)c2cc3nccc(-c4ccc(OC)c(OC)c4)n3n2)CC1. The number of carbonyl (C=O) groups is 2. The van der Waals surface area contributed by atoms with E-state index in [1.54, 1.807) is 31.0 Å². The van der Waals surface area contributed by atoms with Gasteiger partial charge in [0.05, 0.1) is 32.4 Å². The third-order valence-corrected chi connectivity index (χ3v) is 6.11. The number of ether oxygens (including phenoxy) is 3. The van der Waals surface area contributed by atoms with Crippen LogP contribution >= 0.6 is 0 Å². The summed E-state index contributed by atoms with van der Waals surface area (Å²) in [5, 5.41) is 7.59. The molecule has 0 spiro atoms. The molecule has 9 nitrogen and oxygen atoms in total. The van der Waals surface area contributed by atoms with Crippen molar-refractivity contribution < 1.29 is 23.8 Å². The molecule has 34 heavy (non-hydrogen) atoms. The van der Waals surface area contributed by atoms with Gasteiger partial charge in [0.15, 0.2) is 22.8 Å². The second kappa shape index (κ2) is 10.5. The maximum atomic E-state index is 12.9. The summed E-state index contributed by atoms with van der Waals surface area (Å²) >= 11 is 0. The topological polar surface area (TPSA) is 104 Å². The lowest BCUT2D eigenvalue weighted by atomic mass is 9.86. The van der Waals surface area contributed by atoms with E-state index >= 15 is 0 Å². The van der Waals surface area contributed by atoms with Crippen LogP contribution in [-0.4, -0.2) is 53.3 Å². The summed E-state index contributed by atoms with van der Waals surface area (Å²) in [7, 11) is 3.17. The molecule has 0 atom stereocenters. The van der Waals surface area contributed by atoms with Crippen LogP contribution in [0.3, 0.4) is 0 Å². The Morgan fingerprint density at radius 1 is 1.06 bits per heavy atom. The number of rotatable bonds is 8. The number of benzene rings is 1. The van der Waals surface area contributed by atoms with Gasteiger partial charge in [0.2, 0.25) is 0 Å². The monoisotopic (exact) mass is 466 g/mol. The highest BCUT2D eigenvalue weighted by atomic mass is 16.5. The molecular weight excluding hydrogens is 436 g/mol. The molecule has 0 bridgehead atoms. The standard InChI is InChI=1S/C25H30N4O5/c1-4-13-34-25(31)16-5-8-18(9-6-16)27-24(30)19-15-23-26-12-11-20(29(23)28-19)17-7-10-21(32-2)22(14-17)33-3/h7,10-12,14-16,18H,4-6,8-9,13H2,1-3H3,(H,27,30)/t16-,18-. The maximum absolute atomic E-state index is 12.9. The molecule has 180 valence electrons. The van der Waals surface area contributed by atoms with Crippen LogP contribution in [0.5, 0.6) is 11.5 Å². The quantitative estimate of drug-likeness (QED) is 0.505. The number of esters is 1. The number of hydrogen-bond acceptors (Lipinski definition) is 7. The summed E-state index contributed by atoms with van der Waals surface area (Å²) in [4.78, 5) is 29.4. The molecule has 0 radical (unpaired) electrons. The van der Waals surface area contributed by atoms with Gasteiger partial charge in [-0.2, -0.15) is 5.10 Å². The van der Waals surface area contributed by atoms with Crippen LogP contribution in [0, 0.1) is 5.92 Å². The predicted molar refractivity (Wildman–Crippen MR) is 126 cm³/mol. The average Bonchev–Trinajstić information content (AvgIpc) is 3.32. The molecule has 2 heterocycles. The fourth-order valence-electron chi connectivity index (χ4n) is 4.27. The number of nitrogens with one attached hydrogen (secondary N) is 1. The van der Waals surface area contributed by atoms with E-state index in [9.17, 15) is 9.59 Å². The lowest BCUT2D eigenvalue weighted by Crippen LogP contribution is -2.39. The molecule has 0 aliphatic heterocycles. The number of amides is 1. The fourth-order valence-corrected chi connectivity index (χ4v) is 4.27. The first kappa shape index (κ1) is 23.5. The van der Waals surface area contributed by atoms with E-state index in [2.05, 4.69) is 15.4 Å². The van der Waals surface area contributed by atoms with Gasteiger partial charge in [-0.1, -0.05) is 6.92 Å². The van der Waals surface area contributed by atoms with Crippen molar-refractivity contribution in [3.05, 3.63) is 42.2 Å². The Hall–Kier alpha value is -3.62. The minimum absolute atomic E-state index is 0.00539. The lowest BCUT2D eigenvalue weighted by molar-refractivity contribution is -0.149. The zero-order valence-corrected chi connectivity index (χ0v) is 19.7. The highest BCUT2D eigenvalue weighted by Crippen LogP contribution is 2.32. The molecule has 1 aliphatic carbocycles. The van der Waals surface area contributed by atoms with Crippen LogP contribution < -0.4 is 14.8 Å². The zero-order chi connectivity index (χ0) is 24.1. The smallest absolute Gasteiger partial charge is 0.308 e. The Morgan fingerprint density at radius 3 is 2.53 bits per heavy atom. The van der Waals surface area contributed by atoms with Crippen LogP contribution in [0.2, 0.25) is 0 Å². The van der Waals surface area contributed by atoms with Crippen LogP contribution in [-0.2, 0) is 9.53 Å². The van der Waals surface area contributed by atoms with Crippen molar-refractivity contribution in [2.24, 2.45) is 5.92 Å². The molecule has 0 saturated heterocycles. The van der Waals surface area contributed by atoms with E-state index in [-0.39, 0.29) is 23.8 Å². The van der Waals surface area contributed by atoms with Crippen LogP contribution in [0.25, 0.3) is 16.9 Å². The van der Waals surface area contributed by atoms with Crippen molar-refractivity contribution in [1.29, 1.82) is 0 Å². The first-order valence-electron chi connectivity index (χ1n) is 11.6. The molecule has 3 aromatic rings. The summed E-state index contributed by atoms with van der Waals surface area (Å²) in [6, 6.07) is 9.10. The third kappa shape index (κ3) is 4.98. The first-order chi connectivity index (χ1) is 16.5. The second-order valence-corrected chi connectivity index (χ2v) is 8.39. The Balaban J connectivity index is 1.47. The van der Waals surface area contributed by atoms with Gasteiger partial charge in [0.25, 0.3) is 5.91 Å².